The molecule has 0 aliphatic carbocycles. The number of rotatable bonds is 0. The minimum atomic E-state index is 0.855. The van der Waals surface area contributed by atoms with Gasteiger partial charge in [-0.3, -0.25) is 0 Å². The van der Waals surface area contributed by atoms with Crippen LogP contribution in [0.4, 0.5) is 0 Å². The summed E-state index contributed by atoms with van der Waals surface area (Å²) in [6.07, 6.45) is 0. The number of para-hydroxylation sites is 2. The fourth-order valence-corrected chi connectivity index (χ4v) is 4.39. The van der Waals surface area contributed by atoms with E-state index >= 15 is 0 Å². The van der Waals surface area contributed by atoms with Gasteiger partial charge in [-0.2, -0.15) is 0 Å². The Morgan fingerprint density at radius 1 is 0.519 bits per heavy atom. The van der Waals surface area contributed by atoms with Gasteiger partial charge in [-0.25, -0.2) is 0 Å². The Bertz CT molecular complexity index is 1680. The molecule has 0 bridgehead atoms. The third kappa shape index (κ3) is 1.62. The Morgan fingerprint density at radius 3 is 2.33 bits per heavy atom. The summed E-state index contributed by atoms with van der Waals surface area (Å²) in [5.74, 6) is 0. The Hall–Kier alpha value is -3.72. The maximum absolute atomic E-state index is 6.25. The topological polar surface area (TPSA) is 42.1 Å². The molecule has 0 aliphatic heterocycles. The molecule has 0 aliphatic rings. The van der Waals surface area contributed by atoms with Gasteiger partial charge < -0.3 is 13.8 Å². The highest BCUT2D eigenvalue weighted by atomic mass is 16.3. The molecule has 3 heterocycles. The monoisotopic (exact) mass is 347 g/mol. The van der Waals surface area contributed by atoms with Gasteiger partial charge in [0.1, 0.15) is 22.3 Å². The van der Waals surface area contributed by atoms with E-state index in [0.29, 0.717) is 0 Å². The highest BCUT2D eigenvalue weighted by Crippen LogP contribution is 2.41. The molecule has 126 valence electrons. The number of hydrogen-bond acceptors (Lipinski definition) is 2. The van der Waals surface area contributed by atoms with E-state index in [2.05, 4.69) is 53.5 Å². The van der Waals surface area contributed by atoms with E-state index in [9.17, 15) is 0 Å². The van der Waals surface area contributed by atoms with E-state index in [1.165, 1.54) is 10.8 Å². The molecule has 0 spiro atoms. The van der Waals surface area contributed by atoms with Crippen LogP contribution in [0.25, 0.3) is 65.7 Å². The average Bonchev–Trinajstić information content (AvgIpc) is 3.36. The molecule has 0 radical (unpaired) electrons. The van der Waals surface area contributed by atoms with E-state index in [1.54, 1.807) is 0 Å². The number of furan rings is 2. The van der Waals surface area contributed by atoms with Crippen molar-refractivity contribution in [3.8, 4) is 0 Å². The SMILES string of the molecule is c1ccc2c(c1)[nH]c1cc3oc4ccc5c6ccccc6oc5c4c3cc12. The Balaban J connectivity index is 1.73. The van der Waals surface area contributed by atoms with Gasteiger partial charge in [-0.1, -0.05) is 36.4 Å². The van der Waals surface area contributed by atoms with Crippen molar-refractivity contribution in [3.05, 3.63) is 72.8 Å². The molecule has 0 fully saturated rings. The van der Waals surface area contributed by atoms with Crippen LogP contribution >= 0.6 is 0 Å². The van der Waals surface area contributed by atoms with E-state index in [4.69, 9.17) is 8.83 Å². The first-order chi connectivity index (χ1) is 13.4. The zero-order chi connectivity index (χ0) is 17.5. The van der Waals surface area contributed by atoms with Gasteiger partial charge in [0, 0.05) is 38.5 Å². The van der Waals surface area contributed by atoms with Crippen LogP contribution < -0.4 is 0 Å². The maximum atomic E-state index is 6.25. The number of hydrogen-bond donors (Lipinski definition) is 1. The van der Waals surface area contributed by atoms with Crippen molar-refractivity contribution in [2.24, 2.45) is 0 Å². The predicted molar refractivity (Wildman–Crippen MR) is 110 cm³/mol. The smallest absolute Gasteiger partial charge is 0.147 e. The number of H-pyrrole nitrogens is 1. The molecule has 0 atom stereocenters. The third-order valence-electron chi connectivity index (χ3n) is 5.60. The zero-order valence-corrected chi connectivity index (χ0v) is 14.2. The van der Waals surface area contributed by atoms with Gasteiger partial charge in [0.2, 0.25) is 0 Å². The van der Waals surface area contributed by atoms with Gasteiger partial charge in [0.05, 0.1) is 10.9 Å². The van der Waals surface area contributed by atoms with Gasteiger partial charge in [-0.15, -0.1) is 0 Å². The van der Waals surface area contributed by atoms with Crippen LogP contribution in [-0.4, -0.2) is 4.98 Å². The molecule has 0 saturated carbocycles. The van der Waals surface area contributed by atoms with Crippen molar-refractivity contribution in [1.82, 2.24) is 4.98 Å². The second kappa shape index (κ2) is 4.51. The molecular formula is C24H13NO2. The van der Waals surface area contributed by atoms with Crippen LogP contribution in [0.3, 0.4) is 0 Å². The fourth-order valence-electron chi connectivity index (χ4n) is 4.39. The molecule has 4 aromatic carbocycles. The second-order valence-corrected chi connectivity index (χ2v) is 7.08. The average molecular weight is 347 g/mol. The maximum Gasteiger partial charge on any atom is 0.147 e. The standard InChI is InChI=1S/C24H13NO2/c1-3-7-18-13(5-1)16-11-17-22(12-19(16)25-18)26-21-10-9-15-14-6-2-4-8-20(14)27-24(15)23(17)21/h1-12,25H. The van der Waals surface area contributed by atoms with Gasteiger partial charge in [-0.05, 0) is 30.3 Å². The van der Waals surface area contributed by atoms with Gasteiger partial charge >= 0.3 is 0 Å². The molecule has 0 saturated heterocycles. The summed E-state index contributed by atoms with van der Waals surface area (Å²) < 4.78 is 12.4. The molecule has 1 N–H and O–H groups in total. The number of aromatic amines is 1. The lowest BCUT2D eigenvalue weighted by Crippen LogP contribution is -1.71. The lowest BCUT2D eigenvalue weighted by Gasteiger charge is -1.94. The van der Waals surface area contributed by atoms with Crippen LogP contribution in [0, 0.1) is 0 Å². The summed E-state index contributed by atoms with van der Waals surface area (Å²) in [7, 11) is 0. The molecule has 7 aromatic rings. The van der Waals surface area contributed by atoms with E-state index in [0.717, 1.165) is 54.9 Å². The fraction of sp³-hybridized carbons (Fsp3) is 0. The molecule has 0 amide bonds. The quantitative estimate of drug-likeness (QED) is 0.317. The van der Waals surface area contributed by atoms with Crippen molar-refractivity contribution in [3.63, 3.8) is 0 Å². The normalized spacial score (nSPS) is 12.4. The third-order valence-corrected chi connectivity index (χ3v) is 5.60. The van der Waals surface area contributed by atoms with Crippen LogP contribution in [0.5, 0.6) is 0 Å². The molecular weight excluding hydrogens is 334 g/mol. The summed E-state index contributed by atoms with van der Waals surface area (Å²) in [5.41, 5.74) is 5.75. The van der Waals surface area contributed by atoms with Gasteiger partial charge in [0.25, 0.3) is 0 Å². The first-order valence-electron chi connectivity index (χ1n) is 9.04. The van der Waals surface area contributed by atoms with Crippen molar-refractivity contribution in [1.29, 1.82) is 0 Å². The molecule has 3 aromatic heterocycles. The highest BCUT2D eigenvalue weighted by Gasteiger charge is 2.17. The minimum absolute atomic E-state index is 0.855. The second-order valence-electron chi connectivity index (χ2n) is 7.08. The lowest BCUT2D eigenvalue weighted by molar-refractivity contribution is 0.663. The summed E-state index contributed by atoms with van der Waals surface area (Å²) in [6, 6.07) is 25.0. The number of aromatic nitrogens is 1. The Kier molecular flexibility index (Phi) is 2.25. The van der Waals surface area contributed by atoms with Crippen molar-refractivity contribution in [2.75, 3.05) is 0 Å². The summed E-state index contributed by atoms with van der Waals surface area (Å²) >= 11 is 0. The largest absolute Gasteiger partial charge is 0.456 e. The predicted octanol–water partition coefficient (Wildman–Crippen LogP) is 7.12. The first kappa shape index (κ1) is 13.5. The number of benzene rings is 4. The number of fused-ring (bicyclic) bond motifs is 10. The molecule has 0 unspecified atom stereocenters. The number of nitrogens with one attached hydrogen (secondary N) is 1. The van der Waals surface area contributed by atoms with E-state index in [1.807, 2.05) is 24.3 Å². The van der Waals surface area contributed by atoms with Crippen LogP contribution in [0.15, 0.2) is 81.6 Å². The van der Waals surface area contributed by atoms with Crippen molar-refractivity contribution < 1.29 is 8.83 Å². The van der Waals surface area contributed by atoms with Crippen molar-refractivity contribution >= 4 is 65.7 Å². The summed E-state index contributed by atoms with van der Waals surface area (Å²) in [5, 5.41) is 6.82. The molecule has 27 heavy (non-hydrogen) atoms. The highest BCUT2D eigenvalue weighted by molar-refractivity contribution is 6.24. The van der Waals surface area contributed by atoms with Gasteiger partial charge in [0.15, 0.2) is 0 Å². The molecule has 7 rings (SSSR count). The minimum Gasteiger partial charge on any atom is -0.456 e. The van der Waals surface area contributed by atoms with E-state index in [-0.39, 0.29) is 0 Å². The van der Waals surface area contributed by atoms with Crippen LogP contribution in [-0.2, 0) is 0 Å². The Labute approximate surface area is 152 Å². The van der Waals surface area contributed by atoms with Crippen molar-refractivity contribution in [2.45, 2.75) is 0 Å². The summed E-state index contributed by atoms with van der Waals surface area (Å²) in [4.78, 5) is 3.49. The molecule has 3 heteroatoms. The lowest BCUT2D eigenvalue weighted by atomic mass is 10.1. The first-order valence-corrected chi connectivity index (χ1v) is 9.04. The summed E-state index contributed by atoms with van der Waals surface area (Å²) in [6.45, 7) is 0. The van der Waals surface area contributed by atoms with E-state index < -0.39 is 0 Å². The Morgan fingerprint density at radius 2 is 1.37 bits per heavy atom. The van der Waals surface area contributed by atoms with Crippen LogP contribution in [0.1, 0.15) is 0 Å². The zero-order valence-electron chi connectivity index (χ0n) is 14.2. The molecule has 3 nitrogen and oxygen atoms in total. The van der Waals surface area contributed by atoms with Crippen LogP contribution in [0.2, 0.25) is 0 Å².